The first-order valence-corrected chi connectivity index (χ1v) is 7.07. The number of aromatic amines is 1. The molecule has 2 aromatic rings. The molecule has 106 valence electrons. The zero-order valence-corrected chi connectivity index (χ0v) is 10.9. The van der Waals surface area contributed by atoms with Crippen LogP contribution < -0.4 is 0 Å². The normalized spacial score (nSPS) is 16.0. The lowest BCUT2D eigenvalue weighted by atomic mass is 10.4. The lowest BCUT2D eigenvalue weighted by molar-refractivity contribution is 0.0692. The second-order valence-corrected chi connectivity index (χ2v) is 6.07. The van der Waals surface area contributed by atoms with E-state index < -0.39 is 21.0 Å². The molecule has 2 N–H and O–H groups in total. The Kier molecular flexibility index (Phi) is 2.79. The van der Waals surface area contributed by atoms with Gasteiger partial charge in [0.2, 0.25) is 0 Å². The van der Waals surface area contributed by atoms with Crippen LogP contribution in [0.5, 0.6) is 0 Å². The van der Waals surface area contributed by atoms with Gasteiger partial charge >= 0.3 is 5.97 Å². The van der Waals surface area contributed by atoms with Crippen LogP contribution in [-0.2, 0) is 23.1 Å². The van der Waals surface area contributed by atoms with Crippen LogP contribution in [0.1, 0.15) is 16.2 Å². The van der Waals surface area contributed by atoms with E-state index in [1.807, 2.05) is 0 Å². The predicted molar refractivity (Wildman–Crippen MR) is 63.2 cm³/mol. The minimum atomic E-state index is -3.96. The molecule has 0 radical (unpaired) electrons. The van der Waals surface area contributed by atoms with Crippen LogP contribution in [0.4, 0.5) is 0 Å². The summed E-state index contributed by atoms with van der Waals surface area (Å²) in [6, 6.07) is 0. The summed E-state index contributed by atoms with van der Waals surface area (Å²) in [6.45, 7) is 0.671. The van der Waals surface area contributed by atoms with Crippen molar-refractivity contribution in [3.8, 4) is 0 Å². The Morgan fingerprint density at radius 3 is 2.95 bits per heavy atom. The first kappa shape index (κ1) is 12.7. The van der Waals surface area contributed by atoms with Gasteiger partial charge in [0.15, 0.2) is 5.03 Å². The second-order valence-electron chi connectivity index (χ2n) is 4.20. The minimum absolute atomic E-state index is 0.0421. The molecule has 0 bridgehead atoms. The molecule has 0 saturated carbocycles. The molecule has 3 heterocycles. The molecule has 0 unspecified atom stereocenters. The van der Waals surface area contributed by atoms with E-state index in [-0.39, 0.29) is 18.7 Å². The van der Waals surface area contributed by atoms with E-state index in [9.17, 15) is 13.2 Å². The number of nitrogens with one attached hydrogen (secondary N) is 1. The number of sulfonamides is 1. The second kappa shape index (κ2) is 4.38. The van der Waals surface area contributed by atoms with Gasteiger partial charge in [-0.3, -0.25) is 5.10 Å². The van der Waals surface area contributed by atoms with Crippen molar-refractivity contribution in [2.45, 2.75) is 18.1 Å². The highest BCUT2D eigenvalue weighted by Crippen LogP contribution is 2.21. The van der Waals surface area contributed by atoms with E-state index in [0.29, 0.717) is 12.4 Å². The van der Waals surface area contributed by atoms with Crippen molar-refractivity contribution >= 4 is 16.0 Å². The number of carboxylic acid groups (broad SMARTS) is 1. The van der Waals surface area contributed by atoms with Crippen molar-refractivity contribution < 1.29 is 18.3 Å². The molecular formula is C9H10N6O4S. The van der Waals surface area contributed by atoms with Crippen LogP contribution in [0, 0.1) is 0 Å². The molecule has 1 aliphatic heterocycles. The van der Waals surface area contributed by atoms with Gasteiger partial charge in [-0.2, -0.15) is 9.40 Å². The summed E-state index contributed by atoms with van der Waals surface area (Å²) in [5, 5.41) is 21.8. The van der Waals surface area contributed by atoms with Crippen LogP contribution in [0.25, 0.3) is 0 Å². The molecule has 11 heteroatoms. The van der Waals surface area contributed by atoms with Crippen molar-refractivity contribution in [1.82, 2.24) is 29.3 Å². The van der Waals surface area contributed by atoms with Crippen molar-refractivity contribution in [1.29, 1.82) is 0 Å². The average molecular weight is 298 g/mol. The number of aromatic carboxylic acids is 1. The first-order valence-electron chi connectivity index (χ1n) is 5.63. The van der Waals surface area contributed by atoms with Crippen LogP contribution in [-0.4, -0.2) is 55.3 Å². The molecule has 0 spiro atoms. The third kappa shape index (κ3) is 1.87. The number of fused-ring (bicyclic) bond motifs is 1. The van der Waals surface area contributed by atoms with Crippen molar-refractivity contribution in [2.75, 3.05) is 6.54 Å². The van der Waals surface area contributed by atoms with E-state index in [1.165, 1.54) is 6.33 Å². The van der Waals surface area contributed by atoms with Gasteiger partial charge in [0.05, 0.1) is 12.7 Å². The Morgan fingerprint density at radius 1 is 1.40 bits per heavy atom. The van der Waals surface area contributed by atoms with Crippen molar-refractivity contribution in [3.63, 3.8) is 0 Å². The molecule has 0 saturated heterocycles. The molecular weight excluding hydrogens is 288 g/mol. The maximum absolute atomic E-state index is 12.4. The van der Waals surface area contributed by atoms with Gasteiger partial charge in [-0.05, 0) is 0 Å². The summed E-state index contributed by atoms with van der Waals surface area (Å²) in [5.41, 5.74) is -0.378. The number of nitrogens with zero attached hydrogens (tertiary/aromatic N) is 5. The number of carbonyl (C=O) groups is 1. The van der Waals surface area contributed by atoms with Gasteiger partial charge in [0, 0.05) is 13.1 Å². The fraction of sp³-hybridized carbons (Fsp3) is 0.333. The van der Waals surface area contributed by atoms with Gasteiger partial charge in [-0.25, -0.2) is 13.2 Å². The Hall–Kier alpha value is -2.27. The highest BCUT2D eigenvalue weighted by Gasteiger charge is 2.33. The van der Waals surface area contributed by atoms with E-state index in [4.69, 9.17) is 5.11 Å². The summed E-state index contributed by atoms with van der Waals surface area (Å²) in [5.74, 6) is -0.839. The number of carboxylic acids is 1. The van der Waals surface area contributed by atoms with Gasteiger partial charge < -0.3 is 9.67 Å². The Labute approximate surface area is 113 Å². The molecule has 2 aromatic heterocycles. The Bertz CT molecular complexity index is 763. The third-order valence-electron chi connectivity index (χ3n) is 3.04. The molecule has 10 nitrogen and oxygen atoms in total. The summed E-state index contributed by atoms with van der Waals surface area (Å²) in [6.07, 6.45) is 2.50. The van der Waals surface area contributed by atoms with Gasteiger partial charge in [-0.1, -0.05) is 0 Å². The fourth-order valence-corrected chi connectivity index (χ4v) is 3.45. The number of aromatic nitrogens is 5. The molecule has 0 amide bonds. The number of H-pyrrole nitrogens is 1. The Morgan fingerprint density at radius 2 is 2.20 bits per heavy atom. The molecule has 0 fully saturated rings. The largest absolute Gasteiger partial charge is 0.478 e. The topological polar surface area (TPSA) is 134 Å². The SMILES string of the molecule is O=C(O)c1cn[nH]c1S(=O)(=O)N1CCn2cnnc2C1. The predicted octanol–water partition coefficient (Wildman–Crippen LogP) is -1.10. The lowest BCUT2D eigenvalue weighted by Crippen LogP contribution is -2.38. The van der Waals surface area contributed by atoms with Gasteiger partial charge in [0.25, 0.3) is 10.0 Å². The van der Waals surface area contributed by atoms with Gasteiger partial charge in [0.1, 0.15) is 17.7 Å². The molecule has 20 heavy (non-hydrogen) atoms. The van der Waals surface area contributed by atoms with E-state index in [0.717, 1.165) is 10.5 Å². The maximum Gasteiger partial charge on any atom is 0.340 e. The molecule has 0 aromatic carbocycles. The smallest absolute Gasteiger partial charge is 0.340 e. The van der Waals surface area contributed by atoms with Gasteiger partial charge in [-0.15, -0.1) is 10.2 Å². The third-order valence-corrected chi connectivity index (χ3v) is 4.86. The maximum atomic E-state index is 12.4. The van der Waals surface area contributed by atoms with E-state index in [2.05, 4.69) is 20.4 Å². The first-order chi connectivity index (χ1) is 9.50. The minimum Gasteiger partial charge on any atom is -0.478 e. The van der Waals surface area contributed by atoms with E-state index >= 15 is 0 Å². The Balaban J connectivity index is 1.97. The molecule has 3 rings (SSSR count). The molecule has 1 aliphatic rings. The lowest BCUT2D eigenvalue weighted by Gasteiger charge is -2.25. The van der Waals surface area contributed by atoms with Crippen LogP contribution in [0.15, 0.2) is 17.6 Å². The average Bonchev–Trinajstić information content (AvgIpc) is 3.06. The summed E-state index contributed by atoms with van der Waals surface area (Å²) < 4.78 is 27.8. The summed E-state index contributed by atoms with van der Waals surface area (Å²) in [7, 11) is -3.96. The fourth-order valence-electron chi connectivity index (χ4n) is 2.00. The highest BCUT2D eigenvalue weighted by atomic mass is 32.2. The number of hydrogen-bond donors (Lipinski definition) is 2. The monoisotopic (exact) mass is 298 g/mol. The zero-order chi connectivity index (χ0) is 14.3. The molecule has 0 atom stereocenters. The van der Waals surface area contributed by atoms with Crippen LogP contribution in [0.3, 0.4) is 0 Å². The van der Waals surface area contributed by atoms with Crippen LogP contribution in [0.2, 0.25) is 0 Å². The highest BCUT2D eigenvalue weighted by molar-refractivity contribution is 7.89. The summed E-state index contributed by atoms with van der Waals surface area (Å²) >= 11 is 0. The quantitative estimate of drug-likeness (QED) is 0.734. The summed E-state index contributed by atoms with van der Waals surface area (Å²) in [4.78, 5) is 11.0. The van der Waals surface area contributed by atoms with Crippen LogP contribution >= 0.6 is 0 Å². The van der Waals surface area contributed by atoms with E-state index in [1.54, 1.807) is 4.57 Å². The standard InChI is InChI=1S/C9H10N6O4S/c16-9(17)6-3-10-13-8(6)20(18,19)15-2-1-14-5-11-12-7(14)4-15/h3,5H,1-2,4H2,(H,10,13)(H,16,17). The zero-order valence-electron chi connectivity index (χ0n) is 10.1. The van der Waals surface area contributed by atoms with Crippen molar-refractivity contribution in [3.05, 3.63) is 23.9 Å². The van der Waals surface area contributed by atoms with Crippen molar-refractivity contribution in [2.24, 2.45) is 0 Å². The number of rotatable bonds is 3. The molecule has 0 aliphatic carbocycles. The number of hydrogen-bond acceptors (Lipinski definition) is 6.